The Kier molecular flexibility index (Phi) is 3.71. The van der Waals surface area contributed by atoms with Crippen molar-refractivity contribution in [1.82, 2.24) is 9.80 Å². The number of rotatable bonds is 4. The summed E-state index contributed by atoms with van der Waals surface area (Å²) in [6, 6.07) is -0.225. The predicted molar refractivity (Wildman–Crippen MR) is 74.1 cm³/mol. The van der Waals surface area contributed by atoms with Crippen LogP contribution in [0.3, 0.4) is 0 Å². The number of carbonyl (C=O) groups excluding carboxylic acids is 2. The van der Waals surface area contributed by atoms with Gasteiger partial charge in [-0.25, -0.2) is 0 Å². The Balaban J connectivity index is 1.74. The van der Waals surface area contributed by atoms with Crippen molar-refractivity contribution in [2.24, 2.45) is 0 Å². The highest BCUT2D eigenvalue weighted by Crippen LogP contribution is 2.36. The number of nitrogens with zero attached hydrogens (tertiary/aromatic N) is 2. The fraction of sp³-hybridized carbons (Fsp3) is 0.867. The molecule has 0 spiro atoms. The normalized spacial score (nSPS) is 37.1. The summed E-state index contributed by atoms with van der Waals surface area (Å²) in [5.74, 6) is 0.336. The van der Waals surface area contributed by atoms with Crippen LogP contribution in [0.5, 0.6) is 0 Å². The van der Waals surface area contributed by atoms with E-state index >= 15 is 0 Å². The SMILES string of the molecule is CCOC1CC(N2C(=O)C3CCCN3C(=O)C2CC)C1. The summed E-state index contributed by atoms with van der Waals surface area (Å²) in [7, 11) is 0. The maximum absolute atomic E-state index is 12.7. The van der Waals surface area contributed by atoms with E-state index in [1.54, 1.807) is 0 Å². The zero-order valence-electron chi connectivity index (χ0n) is 12.4. The zero-order chi connectivity index (χ0) is 14.3. The van der Waals surface area contributed by atoms with Crippen molar-refractivity contribution in [3.63, 3.8) is 0 Å². The fourth-order valence-corrected chi connectivity index (χ4v) is 3.87. The molecule has 2 amide bonds. The summed E-state index contributed by atoms with van der Waals surface area (Å²) in [6.45, 7) is 5.47. The minimum atomic E-state index is -0.246. The maximum atomic E-state index is 12.7. The summed E-state index contributed by atoms with van der Waals surface area (Å²) < 4.78 is 5.58. The molecule has 0 aromatic rings. The third-order valence-corrected chi connectivity index (χ3v) is 4.95. The molecule has 0 bridgehead atoms. The number of fused-ring (bicyclic) bond motifs is 1. The van der Waals surface area contributed by atoms with Gasteiger partial charge in [-0.05, 0) is 39.0 Å². The van der Waals surface area contributed by atoms with Gasteiger partial charge in [0.1, 0.15) is 12.1 Å². The molecule has 3 fully saturated rings. The van der Waals surface area contributed by atoms with Gasteiger partial charge in [-0.2, -0.15) is 0 Å². The molecule has 2 saturated heterocycles. The van der Waals surface area contributed by atoms with E-state index in [-0.39, 0.29) is 36.0 Å². The van der Waals surface area contributed by atoms with Crippen LogP contribution in [0.1, 0.15) is 46.0 Å². The van der Waals surface area contributed by atoms with Crippen LogP contribution in [0.25, 0.3) is 0 Å². The standard InChI is InChI=1S/C15H24N2O3/c1-3-12-14(18)16-7-5-6-13(16)15(19)17(12)10-8-11(9-10)20-4-2/h10-13H,3-9H2,1-2H3. The molecule has 3 rings (SSSR count). The second kappa shape index (κ2) is 5.35. The average Bonchev–Trinajstić information content (AvgIpc) is 2.88. The average molecular weight is 280 g/mol. The van der Waals surface area contributed by atoms with E-state index in [4.69, 9.17) is 4.74 Å². The van der Waals surface area contributed by atoms with Crippen LogP contribution in [-0.4, -0.2) is 59.0 Å². The van der Waals surface area contributed by atoms with Crippen molar-refractivity contribution < 1.29 is 14.3 Å². The molecule has 2 atom stereocenters. The van der Waals surface area contributed by atoms with Crippen molar-refractivity contribution in [3.05, 3.63) is 0 Å². The summed E-state index contributed by atoms with van der Waals surface area (Å²) in [6.07, 6.45) is 4.54. The van der Waals surface area contributed by atoms with Gasteiger partial charge in [0.05, 0.1) is 6.10 Å². The summed E-state index contributed by atoms with van der Waals surface area (Å²) in [4.78, 5) is 29.0. The Morgan fingerprint density at radius 2 is 1.95 bits per heavy atom. The lowest BCUT2D eigenvalue weighted by Gasteiger charge is -2.50. The molecule has 1 aliphatic carbocycles. The van der Waals surface area contributed by atoms with Crippen LogP contribution in [-0.2, 0) is 14.3 Å². The molecule has 112 valence electrons. The Labute approximate surface area is 120 Å². The molecule has 2 aliphatic heterocycles. The molecule has 5 heteroatoms. The summed E-state index contributed by atoms with van der Waals surface area (Å²) >= 11 is 0. The van der Waals surface area contributed by atoms with E-state index in [9.17, 15) is 9.59 Å². The third kappa shape index (κ3) is 2.03. The lowest BCUT2D eigenvalue weighted by molar-refractivity contribution is -0.168. The van der Waals surface area contributed by atoms with Gasteiger partial charge in [0.25, 0.3) is 0 Å². The minimum absolute atomic E-state index is 0.162. The maximum Gasteiger partial charge on any atom is 0.246 e. The van der Waals surface area contributed by atoms with Gasteiger partial charge >= 0.3 is 0 Å². The van der Waals surface area contributed by atoms with Crippen LogP contribution in [0, 0.1) is 0 Å². The van der Waals surface area contributed by atoms with E-state index in [2.05, 4.69) is 0 Å². The van der Waals surface area contributed by atoms with E-state index in [0.29, 0.717) is 6.42 Å². The van der Waals surface area contributed by atoms with E-state index in [1.807, 2.05) is 23.6 Å². The highest BCUT2D eigenvalue weighted by Gasteiger charge is 2.51. The molecule has 1 saturated carbocycles. The van der Waals surface area contributed by atoms with Crippen molar-refractivity contribution >= 4 is 11.8 Å². The van der Waals surface area contributed by atoms with Gasteiger partial charge in [-0.1, -0.05) is 6.92 Å². The summed E-state index contributed by atoms with van der Waals surface area (Å²) in [5.41, 5.74) is 0. The van der Waals surface area contributed by atoms with Crippen LogP contribution in [0.15, 0.2) is 0 Å². The quantitative estimate of drug-likeness (QED) is 0.776. The Morgan fingerprint density at radius 1 is 1.20 bits per heavy atom. The zero-order valence-corrected chi connectivity index (χ0v) is 12.4. The fourth-order valence-electron chi connectivity index (χ4n) is 3.87. The number of hydrogen-bond acceptors (Lipinski definition) is 3. The van der Waals surface area contributed by atoms with Gasteiger partial charge in [-0.15, -0.1) is 0 Å². The number of ether oxygens (including phenoxy) is 1. The lowest BCUT2D eigenvalue weighted by atomic mass is 9.85. The number of carbonyl (C=O) groups is 2. The minimum Gasteiger partial charge on any atom is -0.378 e. The molecule has 0 N–H and O–H groups in total. The molecule has 5 nitrogen and oxygen atoms in total. The van der Waals surface area contributed by atoms with Crippen LogP contribution in [0.4, 0.5) is 0 Å². The third-order valence-electron chi connectivity index (χ3n) is 4.95. The van der Waals surface area contributed by atoms with Gasteiger partial charge in [0.15, 0.2) is 0 Å². The predicted octanol–water partition coefficient (Wildman–Crippen LogP) is 1.17. The van der Waals surface area contributed by atoms with Crippen molar-refractivity contribution in [3.8, 4) is 0 Å². The van der Waals surface area contributed by atoms with Crippen molar-refractivity contribution in [2.75, 3.05) is 13.2 Å². The van der Waals surface area contributed by atoms with Gasteiger partial charge < -0.3 is 14.5 Å². The smallest absolute Gasteiger partial charge is 0.246 e. The molecule has 3 aliphatic rings. The van der Waals surface area contributed by atoms with Gasteiger partial charge in [-0.3, -0.25) is 9.59 Å². The van der Waals surface area contributed by atoms with E-state index < -0.39 is 0 Å². The highest BCUT2D eigenvalue weighted by atomic mass is 16.5. The van der Waals surface area contributed by atoms with Gasteiger partial charge in [0, 0.05) is 19.2 Å². The highest BCUT2D eigenvalue weighted by molar-refractivity contribution is 5.97. The molecule has 0 radical (unpaired) electrons. The van der Waals surface area contributed by atoms with E-state index in [0.717, 1.165) is 38.8 Å². The second-order valence-electron chi connectivity index (χ2n) is 6.06. The van der Waals surface area contributed by atoms with Crippen LogP contribution in [0.2, 0.25) is 0 Å². The van der Waals surface area contributed by atoms with E-state index in [1.165, 1.54) is 0 Å². The molecule has 20 heavy (non-hydrogen) atoms. The van der Waals surface area contributed by atoms with Gasteiger partial charge in [0.2, 0.25) is 11.8 Å². The second-order valence-corrected chi connectivity index (χ2v) is 6.06. The molecule has 2 unspecified atom stereocenters. The van der Waals surface area contributed by atoms with Crippen LogP contribution >= 0.6 is 0 Å². The molecular weight excluding hydrogens is 256 g/mol. The molecular formula is C15H24N2O3. The molecule has 0 aromatic heterocycles. The first kappa shape index (κ1) is 13.9. The first-order chi connectivity index (χ1) is 9.67. The largest absolute Gasteiger partial charge is 0.378 e. The topological polar surface area (TPSA) is 49.9 Å². The first-order valence-electron chi connectivity index (χ1n) is 7.91. The van der Waals surface area contributed by atoms with Crippen molar-refractivity contribution in [1.29, 1.82) is 0 Å². The first-order valence-corrected chi connectivity index (χ1v) is 7.91. The Morgan fingerprint density at radius 3 is 2.60 bits per heavy atom. The Hall–Kier alpha value is -1.10. The number of amides is 2. The lowest BCUT2D eigenvalue weighted by Crippen LogP contribution is -2.67. The molecule has 0 aromatic carbocycles. The Bertz CT molecular complexity index is 406. The van der Waals surface area contributed by atoms with Crippen LogP contribution < -0.4 is 0 Å². The monoisotopic (exact) mass is 280 g/mol. The van der Waals surface area contributed by atoms with Crippen molar-refractivity contribution in [2.45, 2.75) is 70.2 Å². The molecule has 2 heterocycles. The number of hydrogen-bond donors (Lipinski definition) is 0. The summed E-state index contributed by atoms with van der Waals surface area (Å²) in [5, 5.41) is 0. The number of piperazine rings is 1.